The van der Waals surface area contributed by atoms with Crippen molar-refractivity contribution in [2.24, 2.45) is 5.41 Å². The van der Waals surface area contributed by atoms with E-state index in [1.807, 2.05) is 11.4 Å². The van der Waals surface area contributed by atoms with Crippen LogP contribution in [0.1, 0.15) is 35.9 Å². The topological polar surface area (TPSA) is 70.2 Å². The van der Waals surface area contributed by atoms with Gasteiger partial charge in [0.25, 0.3) is 5.91 Å². The minimum atomic E-state index is -0.108. The molecule has 1 saturated heterocycles. The number of thiophene rings is 1. The number of piperidine rings is 1. The number of carbonyl (C=O) groups is 2. The number of carbonyl (C=O) groups excluding carboxylic acids is 2. The Kier molecular flexibility index (Phi) is 7.85. The molecule has 124 valence electrons. The summed E-state index contributed by atoms with van der Waals surface area (Å²) in [5, 5.41) is 10.9. The highest BCUT2D eigenvalue weighted by atomic mass is 35.5. The van der Waals surface area contributed by atoms with Gasteiger partial charge in [-0.3, -0.25) is 9.59 Å². The summed E-state index contributed by atoms with van der Waals surface area (Å²) < 4.78 is 0. The predicted octanol–water partition coefficient (Wildman–Crippen LogP) is 1.80. The lowest BCUT2D eigenvalue weighted by Gasteiger charge is -2.34. The van der Waals surface area contributed by atoms with Crippen LogP contribution in [0.3, 0.4) is 0 Å². The van der Waals surface area contributed by atoms with E-state index in [2.05, 4.69) is 22.9 Å². The number of hydrogen-bond donors (Lipinski definition) is 3. The fraction of sp³-hybridized carbons (Fsp3) is 0.600. The molecule has 0 saturated carbocycles. The number of hydrogen-bond acceptors (Lipinski definition) is 4. The van der Waals surface area contributed by atoms with Gasteiger partial charge in [-0.2, -0.15) is 0 Å². The molecule has 0 unspecified atom stereocenters. The lowest BCUT2D eigenvalue weighted by Crippen LogP contribution is -2.43. The first-order valence-corrected chi connectivity index (χ1v) is 8.26. The predicted molar refractivity (Wildman–Crippen MR) is 91.7 cm³/mol. The third-order valence-corrected chi connectivity index (χ3v) is 4.77. The molecule has 0 radical (unpaired) electrons. The van der Waals surface area contributed by atoms with Crippen molar-refractivity contribution in [1.29, 1.82) is 0 Å². The molecule has 3 N–H and O–H groups in total. The van der Waals surface area contributed by atoms with Crippen molar-refractivity contribution in [3.8, 4) is 0 Å². The number of rotatable bonds is 6. The number of nitrogens with one attached hydrogen (secondary N) is 3. The van der Waals surface area contributed by atoms with Crippen LogP contribution < -0.4 is 16.0 Å². The van der Waals surface area contributed by atoms with Gasteiger partial charge in [0.2, 0.25) is 5.91 Å². The average molecular weight is 346 g/mol. The first-order chi connectivity index (χ1) is 10.1. The Labute approximate surface area is 141 Å². The van der Waals surface area contributed by atoms with E-state index in [9.17, 15) is 9.59 Å². The molecule has 22 heavy (non-hydrogen) atoms. The second-order valence-electron chi connectivity index (χ2n) is 5.82. The molecule has 0 spiro atoms. The lowest BCUT2D eigenvalue weighted by atomic mass is 9.81. The zero-order chi connectivity index (χ0) is 15.1. The number of amides is 2. The summed E-state index contributed by atoms with van der Waals surface area (Å²) in [4.78, 5) is 24.2. The molecule has 7 heteroatoms. The van der Waals surface area contributed by atoms with Crippen molar-refractivity contribution >= 4 is 35.6 Å². The van der Waals surface area contributed by atoms with Gasteiger partial charge in [0.1, 0.15) is 0 Å². The summed E-state index contributed by atoms with van der Waals surface area (Å²) >= 11 is 1.40. The van der Waals surface area contributed by atoms with Crippen LogP contribution >= 0.6 is 23.7 Å². The van der Waals surface area contributed by atoms with E-state index >= 15 is 0 Å². The van der Waals surface area contributed by atoms with Crippen LogP contribution in [0.25, 0.3) is 0 Å². The van der Waals surface area contributed by atoms with Crippen LogP contribution in [0.5, 0.6) is 0 Å². The quantitative estimate of drug-likeness (QED) is 0.736. The van der Waals surface area contributed by atoms with Crippen LogP contribution in [-0.4, -0.2) is 38.0 Å². The van der Waals surface area contributed by atoms with E-state index in [1.165, 1.54) is 11.3 Å². The first-order valence-electron chi connectivity index (χ1n) is 7.38. The van der Waals surface area contributed by atoms with Gasteiger partial charge in [-0.25, -0.2) is 0 Å². The lowest BCUT2D eigenvalue weighted by molar-refractivity contribution is -0.121. The summed E-state index contributed by atoms with van der Waals surface area (Å²) in [5.41, 5.74) is 0.196. The molecule has 0 aliphatic carbocycles. The van der Waals surface area contributed by atoms with Crippen molar-refractivity contribution in [3.63, 3.8) is 0 Å². The molecule has 1 aliphatic heterocycles. The summed E-state index contributed by atoms with van der Waals surface area (Å²) in [6.45, 7) is 5.34. The van der Waals surface area contributed by atoms with E-state index in [-0.39, 0.29) is 29.6 Å². The molecular weight excluding hydrogens is 322 g/mol. The molecule has 2 heterocycles. The van der Waals surface area contributed by atoms with Crippen LogP contribution in [-0.2, 0) is 4.79 Å². The van der Waals surface area contributed by atoms with Crippen LogP contribution in [0.4, 0.5) is 0 Å². The smallest absolute Gasteiger partial charge is 0.261 e. The van der Waals surface area contributed by atoms with E-state index in [0.717, 1.165) is 25.9 Å². The second-order valence-corrected chi connectivity index (χ2v) is 6.77. The molecule has 0 atom stereocenters. The second kappa shape index (κ2) is 9.12. The van der Waals surface area contributed by atoms with Crippen molar-refractivity contribution in [1.82, 2.24) is 16.0 Å². The average Bonchev–Trinajstić information content (AvgIpc) is 3.00. The maximum atomic E-state index is 11.8. The Balaban J connectivity index is 0.00000242. The van der Waals surface area contributed by atoms with Gasteiger partial charge in [-0.05, 0) is 42.8 Å². The normalized spacial score (nSPS) is 16.4. The van der Waals surface area contributed by atoms with Crippen LogP contribution in [0.15, 0.2) is 17.5 Å². The highest BCUT2D eigenvalue weighted by molar-refractivity contribution is 7.12. The highest BCUT2D eigenvalue weighted by Gasteiger charge is 2.26. The van der Waals surface area contributed by atoms with E-state index in [4.69, 9.17) is 0 Å². The van der Waals surface area contributed by atoms with Gasteiger partial charge >= 0.3 is 0 Å². The van der Waals surface area contributed by atoms with E-state index in [0.29, 0.717) is 24.4 Å². The summed E-state index contributed by atoms with van der Waals surface area (Å²) in [6, 6.07) is 3.62. The standard InChI is InChI=1S/C15H23N3O2S.ClH/c1-15(5-8-16-9-6-15)11-18-13(19)4-7-17-14(20)12-3-2-10-21-12;/h2-3,10,16H,4-9,11H2,1H3,(H,17,20)(H,18,19);1H. The maximum absolute atomic E-state index is 11.8. The maximum Gasteiger partial charge on any atom is 0.261 e. The minimum Gasteiger partial charge on any atom is -0.355 e. The molecule has 0 aromatic carbocycles. The molecule has 5 nitrogen and oxygen atoms in total. The van der Waals surface area contributed by atoms with Gasteiger partial charge in [-0.1, -0.05) is 13.0 Å². The first kappa shape index (κ1) is 18.9. The zero-order valence-corrected chi connectivity index (χ0v) is 14.4. The van der Waals surface area contributed by atoms with Crippen molar-refractivity contribution in [2.75, 3.05) is 26.2 Å². The molecule has 1 aromatic rings. The van der Waals surface area contributed by atoms with Crippen LogP contribution in [0.2, 0.25) is 0 Å². The Morgan fingerprint density at radius 1 is 1.32 bits per heavy atom. The Morgan fingerprint density at radius 2 is 2.05 bits per heavy atom. The summed E-state index contributed by atoms with van der Waals surface area (Å²) in [5.74, 6) is -0.107. The fourth-order valence-electron chi connectivity index (χ4n) is 2.39. The zero-order valence-electron chi connectivity index (χ0n) is 12.8. The third kappa shape index (κ3) is 5.94. The largest absolute Gasteiger partial charge is 0.355 e. The molecule has 2 amide bonds. The van der Waals surface area contributed by atoms with Gasteiger partial charge in [0, 0.05) is 19.5 Å². The Hall–Kier alpha value is -1.11. The van der Waals surface area contributed by atoms with Gasteiger partial charge in [-0.15, -0.1) is 23.7 Å². The van der Waals surface area contributed by atoms with E-state index in [1.54, 1.807) is 6.07 Å². The fourth-order valence-corrected chi connectivity index (χ4v) is 3.03. The number of halogens is 1. The molecule has 0 bridgehead atoms. The minimum absolute atomic E-state index is 0. The molecule has 1 aliphatic rings. The molecule has 1 fully saturated rings. The Morgan fingerprint density at radius 3 is 2.68 bits per heavy atom. The van der Waals surface area contributed by atoms with E-state index < -0.39 is 0 Å². The van der Waals surface area contributed by atoms with Crippen molar-refractivity contribution in [2.45, 2.75) is 26.2 Å². The Bertz CT molecular complexity index is 473. The van der Waals surface area contributed by atoms with Crippen molar-refractivity contribution in [3.05, 3.63) is 22.4 Å². The summed E-state index contributed by atoms with van der Waals surface area (Å²) in [7, 11) is 0. The third-order valence-electron chi connectivity index (χ3n) is 3.91. The van der Waals surface area contributed by atoms with Gasteiger partial charge in [0.05, 0.1) is 4.88 Å². The SMILES string of the molecule is CC1(CNC(=O)CCNC(=O)c2cccs2)CCNCC1.Cl. The van der Waals surface area contributed by atoms with Crippen LogP contribution in [0, 0.1) is 5.41 Å². The highest BCUT2D eigenvalue weighted by Crippen LogP contribution is 2.26. The van der Waals surface area contributed by atoms with Gasteiger partial charge < -0.3 is 16.0 Å². The monoisotopic (exact) mass is 345 g/mol. The molecule has 1 aromatic heterocycles. The van der Waals surface area contributed by atoms with Crippen molar-refractivity contribution < 1.29 is 9.59 Å². The molecular formula is C15H24ClN3O2S. The van der Waals surface area contributed by atoms with Gasteiger partial charge in [0.15, 0.2) is 0 Å². The molecule has 2 rings (SSSR count). The summed E-state index contributed by atoms with van der Waals surface area (Å²) in [6.07, 6.45) is 2.50.